The van der Waals surface area contributed by atoms with Crippen molar-refractivity contribution in [1.82, 2.24) is 15.0 Å². The van der Waals surface area contributed by atoms with Gasteiger partial charge in [-0.2, -0.15) is 13.2 Å². The minimum absolute atomic E-state index is 0.0118. The minimum Gasteiger partial charge on any atom is -0.476 e. The Hall–Kier alpha value is -1.40. The van der Waals surface area contributed by atoms with Gasteiger partial charge < -0.3 is 10.1 Å². The number of hydrogen-bond acceptors (Lipinski definition) is 5. The monoisotopic (exact) mass is 445 g/mol. The number of carbonyl (C=O) groups excluding carboxylic acids is 1. The van der Waals surface area contributed by atoms with Gasteiger partial charge in [0.2, 0.25) is 5.88 Å². The van der Waals surface area contributed by atoms with Gasteiger partial charge in [-0.3, -0.25) is 4.79 Å². The van der Waals surface area contributed by atoms with Crippen LogP contribution in [0.2, 0.25) is 0 Å². The van der Waals surface area contributed by atoms with Crippen LogP contribution >= 0.6 is 15.9 Å². The standard InChI is InChI=1S/C13H15BrF3N3O4S/c1-7(20-25(22,23)13(15,16)17)6-24-11-4-9(10(14)5-18-11)12(21)19-8-2-3-8/h4-5,7-8,20H,2-3,6H2,1H3,(H,19,21). The zero-order valence-electron chi connectivity index (χ0n) is 12.9. The van der Waals surface area contributed by atoms with E-state index in [0.717, 1.165) is 12.8 Å². The van der Waals surface area contributed by atoms with E-state index in [1.165, 1.54) is 23.9 Å². The third-order valence-electron chi connectivity index (χ3n) is 3.13. The largest absolute Gasteiger partial charge is 0.511 e. The molecule has 1 saturated carbocycles. The molecule has 1 unspecified atom stereocenters. The van der Waals surface area contributed by atoms with Crippen LogP contribution in [-0.2, 0) is 10.0 Å². The quantitative estimate of drug-likeness (QED) is 0.668. The summed E-state index contributed by atoms with van der Waals surface area (Å²) in [6.45, 7) is 0.816. The lowest BCUT2D eigenvalue weighted by Gasteiger charge is -2.16. The molecule has 2 N–H and O–H groups in total. The van der Waals surface area contributed by atoms with Crippen LogP contribution in [0.5, 0.6) is 5.88 Å². The molecule has 1 heterocycles. The topological polar surface area (TPSA) is 97.4 Å². The van der Waals surface area contributed by atoms with Gasteiger partial charge in [0.05, 0.1) is 11.6 Å². The molecule has 12 heteroatoms. The van der Waals surface area contributed by atoms with Gasteiger partial charge in [0.25, 0.3) is 5.91 Å². The van der Waals surface area contributed by atoms with Crippen LogP contribution in [0.3, 0.4) is 0 Å². The Balaban J connectivity index is 1.97. The van der Waals surface area contributed by atoms with E-state index in [0.29, 0.717) is 4.47 Å². The average Bonchev–Trinajstić information content (AvgIpc) is 3.28. The number of carbonyl (C=O) groups is 1. The number of alkyl halides is 3. The third-order valence-corrected chi connectivity index (χ3v) is 5.08. The maximum Gasteiger partial charge on any atom is 0.511 e. The van der Waals surface area contributed by atoms with Crippen LogP contribution in [0, 0.1) is 0 Å². The summed E-state index contributed by atoms with van der Waals surface area (Å²) >= 11 is 3.19. The van der Waals surface area contributed by atoms with Crippen LogP contribution in [0.25, 0.3) is 0 Å². The summed E-state index contributed by atoms with van der Waals surface area (Å²) < 4.78 is 66.0. The first-order valence-corrected chi connectivity index (χ1v) is 9.45. The lowest BCUT2D eigenvalue weighted by Crippen LogP contribution is -2.43. The van der Waals surface area contributed by atoms with Crippen LogP contribution in [0.4, 0.5) is 13.2 Å². The molecule has 0 bridgehead atoms. The second kappa shape index (κ2) is 7.46. The van der Waals surface area contributed by atoms with E-state index < -0.39 is 28.2 Å². The van der Waals surface area contributed by atoms with Gasteiger partial charge in [-0.25, -0.2) is 18.1 Å². The number of nitrogens with zero attached hydrogens (tertiary/aromatic N) is 1. The summed E-state index contributed by atoms with van der Waals surface area (Å²) in [4.78, 5) is 15.9. The molecule has 0 saturated heterocycles. The van der Waals surface area contributed by atoms with Gasteiger partial charge in [0.15, 0.2) is 0 Å². The van der Waals surface area contributed by atoms with Crippen molar-refractivity contribution in [2.75, 3.05) is 6.61 Å². The molecule has 25 heavy (non-hydrogen) atoms. The highest BCUT2D eigenvalue weighted by Gasteiger charge is 2.46. The fourth-order valence-corrected chi connectivity index (χ4v) is 2.87. The number of aromatic nitrogens is 1. The van der Waals surface area contributed by atoms with Crippen molar-refractivity contribution in [1.29, 1.82) is 0 Å². The molecule has 0 radical (unpaired) electrons. The third kappa shape index (κ3) is 5.54. The highest BCUT2D eigenvalue weighted by molar-refractivity contribution is 9.10. The predicted octanol–water partition coefficient (Wildman–Crippen LogP) is 1.94. The Morgan fingerprint density at radius 1 is 1.48 bits per heavy atom. The fourth-order valence-electron chi connectivity index (χ4n) is 1.74. The summed E-state index contributed by atoms with van der Waals surface area (Å²) in [5.74, 6) is -0.338. The van der Waals surface area contributed by atoms with Crippen molar-refractivity contribution in [3.63, 3.8) is 0 Å². The lowest BCUT2D eigenvalue weighted by atomic mass is 10.2. The molecule has 1 aromatic heterocycles. The van der Waals surface area contributed by atoms with Crippen molar-refractivity contribution < 1.29 is 31.1 Å². The molecule has 7 nitrogen and oxygen atoms in total. The number of hydrogen-bond donors (Lipinski definition) is 2. The Kier molecular flexibility index (Phi) is 5.94. The Labute approximate surface area is 150 Å². The van der Waals surface area contributed by atoms with E-state index in [1.807, 2.05) is 0 Å². The lowest BCUT2D eigenvalue weighted by molar-refractivity contribution is -0.0451. The second-order valence-electron chi connectivity index (χ2n) is 5.53. The van der Waals surface area contributed by atoms with Gasteiger partial charge in [0, 0.05) is 22.8 Å². The first-order chi connectivity index (χ1) is 11.5. The molecule has 1 aliphatic carbocycles. The number of pyridine rings is 1. The van der Waals surface area contributed by atoms with Gasteiger partial charge in [-0.15, -0.1) is 0 Å². The van der Waals surface area contributed by atoms with Gasteiger partial charge in [-0.1, -0.05) is 0 Å². The van der Waals surface area contributed by atoms with Gasteiger partial charge >= 0.3 is 15.5 Å². The minimum atomic E-state index is -5.46. The Morgan fingerprint density at radius 2 is 2.12 bits per heavy atom. The SMILES string of the molecule is CC(COc1cc(C(=O)NC2CC2)c(Br)cn1)NS(=O)(=O)C(F)(F)F. The van der Waals surface area contributed by atoms with E-state index in [9.17, 15) is 26.4 Å². The number of sulfonamides is 1. The number of rotatable bonds is 7. The maximum atomic E-state index is 12.3. The summed E-state index contributed by atoms with van der Waals surface area (Å²) in [5, 5.41) is 2.78. The van der Waals surface area contributed by atoms with Crippen LogP contribution < -0.4 is 14.8 Å². The molecule has 1 aliphatic rings. The summed E-state index contributed by atoms with van der Waals surface area (Å²) in [7, 11) is -5.46. The fraction of sp³-hybridized carbons (Fsp3) is 0.538. The van der Waals surface area contributed by atoms with Gasteiger partial charge in [0.1, 0.15) is 6.61 Å². The van der Waals surface area contributed by atoms with E-state index >= 15 is 0 Å². The molecule has 1 fully saturated rings. The number of halogens is 4. The van der Waals surface area contributed by atoms with Crippen molar-refractivity contribution in [2.45, 2.75) is 37.4 Å². The molecule has 0 aromatic carbocycles. The number of nitrogens with one attached hydrogen (secondary N) is 2. The summed E-state index contributed by atoms with van der Waals surface area (Å²) in [6.07, 6.45) is 3.14. The Bertz CT molecular complexity index is 753. The number of amides is 1. The van der Waals surface area contributed by atoms with E-state index in [-0.39, 0.29) is 23.4 Å². The number of ether oxygens (including phenoxy) is 1. The highest BCUT2D eigenvalue weighted by Crippen LogP contribution is 2.24. The van der Waals surface area contributed by atoms with Crippen LogP contribution in [0.15, 0.2) is 16.7 Å². The molecular formula is C13H15BrF3N3O4S. The first-order valence-electron chi connectivity index (χ1n) is 7.17. The summed E-state index contributed by atoms with van der Waals surface area (Å²) in [5.41, 5.74) is -5.13. The first kappa shape index (κ1) is 19.9. The second-order valence-corrected chi connectivity index (χ2v) is 8.09. The zero-order chi connectivity index (χ0) is 18.8. The molecule has 0 spiro atoms. The van der Waals surface area contributed by atoms with Crippen LogP contribution in [0.1, 0.15) is 30.1 Å². The highest BCUT2D eigenvalue weighted by atomic mass is 79.9. The maximum absolute atomic E-state index is 12.3. The van der Waals surface area contributed by atoms with Crippen molar-refractivity contribution in [3.8, 4) is 5.88 Å². The van der Waals surface area contributed by atoms with E-state index in [4.69, 9.17) is 4.74 Å². The van der Waals surface area contributed by atoms with Gasteiger partial charge in [-0.05, 0) is 35.7 Å². The zero-order valence-corrected chi connectivity index (χ0v) is 15.3. The molecule has 0 aliphatic heterocycles. The molecule has 1 amide bonds. The van der Waals surface area contributed by atoms with E-state index in [2.05, 4.69) is 26.2 Å². The normalized spacial score (nSPS) is 16.4. The van der Waals surface area contributed by atoms with Crippen molar-refractivity contribution in [2.24, 2.45) is 0 Å². The predicted molar refractivity (Wildman–Crippen MR) is 85.5 cm³/mol. The Morgan fingerprint density at radius 3 is 2.68 bits per heavy atom. The van der Waals surface area contributed by atoms with Crippen molar-refractivity contribution in [3.05, 3.63) is 22.3 Å². The average molecular weight is 446 g/mol. The van der Waals surface area contributed by atoms with Crippen LogP contribution in [-0.4, -0.2) is 43.5 Å². The van der Waals surface area contributed by atoms with E-state index in [1.54, 1.807) is 0 Å². The smallest absolute Gasteiger partial charge is 0.476 e. The molecule has 1 atom stereocenters. The summed E-state index contributed by atoms with van der Waals surface area (Å²) in [6, 6.07) is 0.321. The molecular weight excluding hydrogens is 431 g/mol. The molecule has 140 valence electrons. The molecule has 1 aromatic rings. The van der Waals surface area contributed by atoms with Crippen molar-refractivity contribution >= 4 is 31.9 Å². The molecule has 2 rings (SSSR count).